The van der Waals surface area contributed by atoms with Crippen molar-refractivity contribution in [3.63, 3.8) is 0 Å². The number of hydrogen-bond acceptors (Lipinski definition) is 5. The second-order valence-electron chi connectivity index (χ2n) is 3.85. The Kier molecular flexibility index (Phi) is 3.72. The summed E-state index contributed by atoms with van der Waals surface area (Å²) in [7, 11) is -3.73. The Balaban J connectivity index is 2.46. The highest BCUT2D eigenvalue weighted by atomic mass is 79.9. The number of nitrogens with one attached hydrogen (secondary N) is 1. The molecule has 19 heavy (non-hydrogen) atoms. The first-order valence-corrected chi connectivity index (χ1v) is 7.51. The minimum atomic E-state index is -3.73. The fourth-order valence-corrected chi connectivity index (χ4v) is 3.47. The number of aromatic nitrogens is 2. The van der Waals surface area contributed by atoms with E-state index >= 15 is 0 Å². The van der Waals surface area contributed by atoms with Crippen molar-refractivity contribution >= 4 is 37.3 Å². The van der Waals surface area contributed by atoms with Gasteiger partial charge in [-0.05, 0) is 24.6 Å². The summed E-state index contributed by atoms with van der Waals surface area (Å²) in [6.07, 6.45) is 4.07. The van der Waals surface area contributed by atoms with E-state index in [4.69, 9.17) is 5.73 Å². The molecule has 0 atom stereocenters. The molecular formula is C11H11BrN4O2S. The zero-order chi connectivity index (χ0) is 14.0. The minimum Gasteiger partial charge on any atom is -0.398 e. The van der Waals surface area contributed by atoms with Crippen LogP contribution >= 0.6 is 15.9 Å². The molecule has 0 saturated carbocycles. The molecule has 3 N–H and O–H groups in total. The zero-order valence-corrected chi connectivity index (χ0v) is 12.4. The third-order valence-corrected chi connectivity index (χ3v) is 4.43. The summed E-state index contributed by atoms with van der Waals surface area (Å²) in [6, 6.07) is 3.15. The van der Waals surface area contributed by atoms with Gasteiger partial charge in [0.05, 0.1) is 23.0 Å². The number of nitrogens with two attached hydrogens (primary N) is 1. The van der Waals surface area contributed by atoms with Crippen LogP contribution < -0.4 is 10.5 Å². The quantitative estimate of drug-likeness (QED) is 0.830. The van der Waals surface area contributed by atoms with Gasteiger partial charge < -0.3 is 5.73 Å². The molecule has 1 aromatic heterocycles. The molecule has 2 rings (SSSR count). The molecule has 0 radical (unpaired) electrons. The molecule has 1 heterocycles. The van der Waals surface area contributed by atoms with E-state index in [1.54, 1.807) is 13.0 Å². The fraction of sp³-hybridized carbons (Fsp3) is 0.0909. The van der Waals surface area contributed by atoms with E-state index in [2.05, 4.69) is 30.6 Å². The lowest BCUT2D eigenvalue weighted by molar-refractivity contribution is 0.600. The van der Waals surface area contributed by atoms with Gasteiger partial charge in [0.15, 0.2) is 0 Å². The third-order valence-electron chi connectivity index (χ3n) is 2.47. The van der Waals surface area contributed by atoms with E-state index in [1.807, 2.05) is 0 Å². The summed E-state index contributed by atoms with van der Waals surface area (Å²) in [5.74, 6) is 0. The molecule has 8 heteroatoms. The lowest BCUT2D eigenvalue weighted by Gasteiger charge is -2.12. The van der Waals surface area contributed by atoms with Crippen LogP contribution in [0.1, 0.15) is 5.56 Å². The maximum absolute atomic E-state index is 12.3. The van der Waals surface area contributed by atoms with Crippen LogP contribution in [0, 0.1) is 6.92 Å². The molecule has 6 nitrogen and oxygen atoms in total. The van der Waals surface area contributed by atoms with Crippen LogP contribution in [0.2, 0.25) is 0 Å². The van der Waals surface area contributed by atoms with Crippen molar-refractivity contribution in [3.8, 4) is 0 Å². The van der Waals surface area contributed by atoms with Crippen LogP contribution in [0.5, 0.6) is 0 Å². The van der Waals surface area contributed by atoms with Crippen LogP contribution in [0.3, 0.4) is 0 Å². The Hall–Kier alpha value is -1.67. The van der Waals surface area contributed by atoms with Crippen LogP contribution in [0.25, 0.3) is 0 Å². The summed E-state index contributed by atoms with van der Waals surface area (Å²) in [6.45, 7) is 1.65. The number of halogens is 1. The van der Waals surface area contributed by atoms with Gasteiger partial charge in [-0.15, -0.1) is 0 Å². The molecule has 0 aliphatic rings. The molecule has 2 aromatic rings. The molecule has 0 fully saturated rings. The zero-order valence-electron chi connectivity index (χ0n) is 9.96. The van der Waals surface area contributed by atoms with Crippen LogP contribution in [-0.4, -0.2) is 18.4 Å². The second-order valence-corrected chi connectivity index (χ2v) is 6.42. The Morgan fingerprint density at radius 1 is 1.26 bits per heavy atom. The van der Waals surface area contributed by atoms with Crippen molar-refractivity contribution in [1.82, 2.24) is 9.97 Å². The average molecular weight is 343 g/mol. The lowest BCUT2D eigenvalue weighted by Crippen LogP contribution is -2.15. The van der Waals surface area contributed by atoms with Crippen molar-refractivity contribution in [3.05, 3.63) is 40.9 Å². The Morgan fingerprint density at radius 3 is 2.53 bits per heavy atom. The van der Waals surface area contributed by atoms with Crippen molar-refractivity contribution in [2.45, 2.75) is 11.8 Å². The van der Waals surface area contributed by atoms with Crippen LogP contribution in [0.15, 0.2) is 40.2 Å². The van der Waals surface area contributed by atoms with Crippen LogP contribution in [0.4, 0.5) is 11.4 Å². The van der Waals surface area contributed by atoms with E-state index in [9.17, 15) is 8.42 Å². The van der Waals surface area contributed by atoms with E-state index in [0.717, 1.165) is 0 Å². The van der Waals surface area contributed by atoms with Gasteiger partial charge in [0.1, 0.15) is 6.33 Å². The first-order valence-electron chi connectivity index (χ1n) is 5.23. The highest BCUT2D eigenvalue weighted by Gasteiger charge is 2.19. The number of hydrogen-bond donors (Lipinski definition) is 2. The summed E-state index contributed by atoms with van der Waals surface area (Å²) >= 11 is 3.23. The number of anilines is 2. The fourth-order valence-electron chi connectivity index (χ4n) is 1.52. The minimum absolute atomic E-state index is 0.114. The van der Waals surface area contributed by atoms with Gasteiger partial charge in [-0.1, -0.05) is 15.9 Å². The highest BCUT2D eigenvalue weighted by molar-refractivity contribution is 9.10. The number of nitrogen functional groups attached to an aromatic ring is 1. The van der Waals surface area contributed by atoms with E-state index in [0.29, 0.717) is 21.4 Å². The van der Waals surface area contributed by atoms with Gasteiger partial charge in [-0.2, -0.15) is 0 Å². The first-order chi connectivity index (χ1) is 8.90. The molecule has 0 saturated heterocycles. The largest absolute Gasteiger partial charge is 0.398 e. The molecule has 1 aromatic carbocycles. The highest BCUT2D eigenvalue weighted by Crippen LogP contribution is 2.27. The molecule has 0 amide bonds. The maximum Gasteiger partial charge on any atom is 0.262 e. The van der Waals surface area contributed by atoms with Gasteiger partial charge in [0.25, 0.3) is 10.0 Å². The van der Waals surface area contributed by atoms with Crippen molar-refractivity contribution in [2.24, 2.45) is 0 Å². The van der Waals surface area contributed by atoms with Gasteiger partial charge in [0, 0.05) is 10.2 Å². The Morgan fingerprint density at radius 2 is 1.89 bits per heavy atom. The van der Waals surface area contributed by atoms with Crippen molar-refractivity contribution < 1.29 is 8.42 Å². The van der Waals surface area contributed by atoms with Gasteiger partial charge in [-0.25, -0.2) is 18.4 Å². The van der Waals surface area contributed by atoms with Crippen LogP contribution in [-0.2, 0) is 10.0 Å². The topological polar surface area (TPSA) is 98.0 Å². The average Bonchev–Trinajstić information content (AvgIpc) is 2.34. The predicted octanol–water partition coefficient (Wildman–Crippen LogP) is 1.93. The number of benzene rings is 1. The molecule has 0 bridgehead atoms. The molecular weight excluding hydrogens is 332 g/mol. The Labute approximate surface area is 119 Å². The predicted molar refractivity (Wildman–Crippen MR) is 76.1 cm³/mol. The lowest BCUT2D eigenvalue weighted by atomic mass is 10.2. The first kappa shape index (κ1) is 13.8. The van der Waals surface area contributed by atoms with Crippen molar-refractivity contribution in [2.75, 3.05) is 10.5 Å². The van der Waals surface area contributed by atoms with Crippen molar-refractivity contribution in [1.29, 1.82) is 0 Å². The summed E-state index contributed by atoms with van der Waals surface area (Å²) in [5.41, 5.74) is 6.95. The Bertz CT molecular complexity index is 704. The summed E-state index contributed by atoms with van der Waals surface area (Å²) in [5, 5.41) is 0. The molecule has 0 aliphatic heterocycles. The molecule has 0 aliphatic carbocycles. The SMILES string of the molecule is Cc1c(N)cc(Br)cc1S(=O)(=O)Nc1cncnc1. The smallest absolute Gasteiger partial charge is 0.262 e. The van der Waals surface area contributed by atoms with Gasteiger partial charge in [-0.3, -0.25) is 4.72 Å². The monoisotopic (exact) mass is 342 g/mol. The number of rotatable bonds is 3. The van der Waals surface area contributed by atoms with Gasteiger partial charge >= 0.3 is 0 Å². The number of nitrogens with zero attached hydrogens (tertiary/aromatic N) is 2. The standard InChI is InChI=1S/C11H11BrN4O2S/c1-7-10(13)2-8(12)3-11(7)19(17,18)16-9-4-14-6-15-5-9/h2-6,16H,13H2,1H3. The number of sulfonamides is 1. The maximum atomic E-state index is 12.3. The van der Waals surface area contributed by atoms with E-state index < -0.39 is 10.0 Å². The second kappa shape index (κ2) is 5.14. The molecule has 0 unspecified atom stereocenters. The molecule has 100 valence electrons. The third kappa shape index (κ3) is 3.02. The summed E-state index contributed by atoms with van der Waals surface area (Å²) < 4.78 is 27.6. The normalized spacial score (nSPS) is 11.3. The van der Waals surface area contributed by atoms with Gasteiger partial charge in [0.2, 0.25) is 0 Å². The van der Waals surface area contributed by atoms with E-state index in [1.165, 1.54) is 24.8 Å². The molecule has 0 spiro atoms. The summed E-state index contributed by atoms with van der Waals surface area (Å²) in [4.78, 5) is 7.61. The van der Waals surface area contributed by atoms with E-state index in [-0.39, 0.29) is 4.90 Å².